The maximum Gasteiger partial charge on any atom is 0.322 e. The molecule has 2 heterocycles. The molecule has 3 aromatic rings. The summed E-state index contributed by atoms with van der Waals surface area (Å²) in [6, 6.07) is 12.4. The van der Waals surface area contributed by atoms with Crippen LogP contribution in [0.2, 0.25) is 0 Å². The fraction of sp³-hybridized carbons (Fsp3) is 0.370. The summed E-state index contributed by atoms with van der Waals surface area (Å²) in [6.45, 7) is 10.3. The van der Waals surface area contributed by atoms with Crippen molar-refractivity contribution in [3.63, 3.8) is 0 Å². The molecule has 1 aliphatic heterocycles. The smallest absolute Gasteiger partial charge is 0.322 e. The number of piperazine rings is 1. The van der Waals surface area contributed by atoms with Crippen LogP contribution >= 0.6 is 11.3 Å². The van der Waals surface area contributed by atoms with Crippen LogP contribution in [0.3, 0.4) is 0 Å². The molecule has 9 heteroatoms. The van der Waals surface area contributed by atoms with Crippen molar-refractivity contribution in [3.05, 3.63) is 75.5 Å². The Morgan fingerprint density at radius 1 is 1.06 bits per heavy atom. The van der Waals surface area contributed by atoms with Crippen LogP contribution in [0.25, 0.3) is 0 Å². The zero-order valence-electron chi connectivity index (χ0n) is 21.1. The number of hydrogen-bond donors (Lipinski definition) is 1. The van der Waals surface area contributed by atoms with Crippen molar-refractivity contribution in [2.24, 2.45) is 0 Å². The number of benzene rings is 2. The van der Waals surface area contributed by atoms with E-state index < -0.39 is 0 Å². The van der Waals surface area contributed by atoms with E-state index in [2.05, 4.69) is 10.3 Å². The molecule has 0 atom stereocenters. The molecule has 7 nitrogen and oxygen atoms in total. The number of halogens is 1. The number of thiazole rings is 1. The van der Waals surface area contributed by atoms with Gasteiger partial charge in [0.15, 0.2) is 0 Å². The number of anilines is 2. The minimum absolute atomic E-state index is 0.0520. The molecule has 0 unspecified atom stereocenters. The highest BCUT2D eigenvalue weighted by Gasteiger charge is 2.26. The monoisotopic (exact) mass is 509 g/mol. The molecule has 0 aliphatic carbocycles. The maximum absolute atomic E-state index is 14.1. The van der Waals surface area contributed by atoms with Crippen LogP contribution in [-0.2, 0) is 6.54 Å². The van der Waals surface area contributed by atoms with Crippen LogP contribution in [0.5, 0.6) is 0 Å². The van der Waals surface area contributed by atoms with Crippen molar-refractivity contribution in [3.8, 4) is 0 Å². The Hall–Kier alpha value is -3.46. The van der Waals surface area contributed by atoms with Gasteiger partial charge in [-0.25, -0.2) is 14.2 Å². The van der Waals surface area contributed by atoms with Crippen LogP contribution < -0.4 is 10.2 Å². The van der Waals surface area contributed by atoms with Gasteiger partial charge in [0.2, 0.25) is 0 Å². The standard InChI is InChI=1S/C27H32FN5O2S/c1-18(2)33(27(35)30-25-19(3)8-7-9-20(25)4)16-24-29-22(17-36-24)26(34)32-14-12-31(13-15-32)23-11-6-5-10-21(23)28/h5-11,17-18H,12-16H2,1-4H3,(H,30,35). The largest absolute Gasteiger partial charge is 0.366 e. The van der Waals surface area contributed by atoms with Crippen LogP contribution in [0, 0.1) is 19.7 Å². The molecule has 0 spiro atoms. The Morgan fingerprint density at radius 2 is 1.72 bits per heavy atom. The lowest BCUT2D eigenvalue weighted by molar-refractivity contribution is 0.0741. The number of rotatable bonds is 6. The van der Waals surface area contributed by atoms with Gasteiger partial charge in [-0.15, -0.1) is 11.3 Å². The first-order valence-electron chi connectivity index (χ1n) is 12.1. The van der Waals surface area contributed by atoms with E-state index in [-0.39, 0.29) is 23.8 Å². The molecule has 1 aliphatic rings. The van der Waals surface area contributed by atoms with E-state index >= 15 is 0 Å². The molecule has 1 saturated heterocycles. The summed E-state index contributed by atoms with van der Waals surface area (Å²) in [5.74, 6) is -0.389. The van der Waals surface area contributed by atoms with E-state index in [4.69, 9.17) is 0 Å². The number of carbonyl (C=O) groups excluding carboxylic acids is 2. The lowest BCUT2D eigenvalue weighted by atomic mass is 10.1. The van der Waals surface area contributed by atoms with Gasteiger partial charge in [0.1, 0.15) is 16.5 Å². The molecule has 190 valence electrons. The topological polar surface area (TPSA) is 68.8 Å². The van der Waals surface area contributed by atoms with Crippen LogP contribution in [0.1, 0.15) is 40.5 Å². The van der Waals surface area contributed by atoms with Crippen LogP contribution in [0.4, 0.5) is 20.6 Å². The van der Waals surface area contributed by atoms with Gasteiger partial charge in [-0.3, -0.25) is 4.79 Å². The second-order valence-electron chi connectivity index (χ2n) is 9.28. The number of aromatic nitrogens is 1. The first-order valence-corrected chi connectivity index (χ1v) is 13.0. The van der Waals surface area contributed by atoms with Crippen molar-refractivity contribution >= 4 is 34.6 Å². The molecule has 0 bridgehead atoms. The van der Waals surface area contributed by atoms with Crippen molar-refractivity contribution in [1.29, 1.82) is 0 Å². The van der Waals surface area contributed by atoms with Gasteiger partial charge in [-0.2, -0.15) is 0 Å². The predicted octanol–water partition coefficient (Wildman–Crippen LogP) is 5.30. The first kappa shape index (κ1) is 25.6. The molecular weight excluding hydrogens is 477 g/mol. The number of amides is 3. The number of nitrogens with one attached hydrogen (secondary N) is 1. The van der Waals surface area contributed by atoms with Gasteiger partial charge in [0, 0.05) is 43.3 Å². The summed E-state index contributed by atoms with van der Waals surface area (Å²) in [6.07, 6.45) is 0. The Bertz CT molecular complexity index is 1220. The Morgan fingerprint density at radius 3 is 2.36 bits per heavy atom. The molecule has 1 aromatic heterocycles. The van der Waals surface area contributed by atoms with Gasteiger partial charge in [-0.1, -0.05) is 30.3 Å². The van der Waals surface area contributed by atoms with Gasteiger partial charge < -0.3 is 20.0 Å². The SMILES string of the molecule is Cc1cccc(C)c1NC(=O)N(Cc1nc(C(=O)N2CCN(c3ccccc3F)CC2)cs1)C(C)C. The molecule has 2 aromatic carbocycles. The number of nitrogens with zero attached hydrogens (tertiary/aromatic N) is 4. The minimum atomic E-state index is -0.252. The number of urea groups is 1. The number of aryl methyl sites for hydroxylation is 2. The van der Waals surface area contributed by atoms with E-state index in [0.29, 0.717) is 49.1 Å². The van der Waals surface area contributed by atoms with E-state index in [1.165, 1.54) is 17.4 Å². The summed E-state index contributed by atoms with van der Waals surface area (Å²) in [5.41, 5.74) is 3.77. The zero-order valence-corrected chi connectivity index (χ0v) is 21.9. The second-order valence-corrected chi connectivity index (χ2v) is 10.2. The molecular formula is C27H32FN5O2S. The van der Waals surface area contributed by atoms with Crippen molar-refractivity contribution in [2.45, 2.75) is 40.3 Å². The van der Waals surface area contributed by atoms with E-state index in [1.54, 1.807) is 27.3 Å². The molecule has 0 saturated carbocycles. The van der Waals surface area contributed by atoms with E-state index in [0.717, 1.165) is 16.8 Å². The Kier molecular flexibility index (Phi) is 7.88. The highest BCUT2D eigenvalue weighted by molar-refractivity contribution is 7.09. The summed E-state index contributed by atoms with van der Waals surface area (Å²) in [7, 11) is 0. The number of carbonyl (C=O) groups is 2. The minimum Gasteiger partial charge on any atom is -0.366 e. The third-order valence-electron chi connectivity index (χ3n) is 6.43. The van der Waals surface area contributed by atoms with Crippen LogP contribution in [0.15, 0.2) is 47.8 Å². The number of para-hydroxylation sites is 2. The fourth-order valence-corrected chi connectivity index (χ4v) is 5.09. The highest BCUT2D eigenvalue weighted by Crippen LogP contribution is 2.23. The Labute approximate surface area is 215 Å². The summed E-state index contributed by atoms with van der Waals surface area (Å²) in [4.78, 5) is 36.2. The third-order valence-corrected chi connectivity index (χ3v) is 7.27. The summed E-state index contributed by atoms with van der Waals surface area (Å²) in [5, 5.41) is 5.50. The summed E-state index contributed by atoms with van der Waals surface area (Å²) >= 11 is 1.38. The molecule has 4 rings (SSSR count). The molecule has 1 N–H and O–H groups in total. The lowest BCUT2D eigenvalue weighted by Crippen LogP contribution is -2.49. The van der Waals surface area contributed by atoms with Crippen molar-refractivity contribution in [2.75, 3.05) is 36.4 Å². The molecule has 0 radical (unpaired) electrons. The molecule has 36 heavy (non-hydrogen) atoms. The third kappa shape index (κ3) is 5.67. The van der Waals surface area contributed by atoms with Crippen molar-refractivity contribution < 1.29 is 14.0 Å². The number of hydrogen-bond acceptors (Lipinski definition) is 5. The normalized spacial score (nSPS) is 13.7. The first-order chi connectivity index (χ1) is 17.2. The average molecular weight is 510 g/mol. The quantitative estimate of drug-likeness (QED) is 0.489. The average Bonchev–Trinajstić information content (AvgIpc) is 3.33. The van der Waals surface area contributed by atoms with Gasteiger partial charge in [-0.05, 0) is 51.0 Å². The van der Waals surface area contributed by atoms with E-state index in [9.17, 15) is 14.0 Å². The van der Waals surface area contributed by atoms with E-state index in [1.807, 2.05) is 56.9 Å². The summed E-state index contributed by atoms with van der Waals surface area (Å²) < 4.78 is 14.1. The fourth-order valence-electron chi connectivity index (χ4n) is 4.33. The van der Waals surface area contributed by atoms with Gasteiger partial charge in [0.05, 0.1) is 12.2 Å². The second kappa shape index (κ2) is 11.1. The van der Waals surface area contributed by atoms with Gasteiger partial charge >= 0.3 is 6.03 Å². The van der Waals surface area contributed by atoms with Crippen molar-refractivity contribution in [1.82, 2.24) is 14.8 Å². The molecule has 3 amide bonds. The maximum atomic E-state index is 14.1. The Balaban J connectivity index is 1.38. The van der Waals surface area contributed by atoms with Gasteiger partial charge in [0.25, 0.3) is 5.91 Å². The zero-order chi connectivity index (χ0) is 25.8. The highest BCUT2D eigenvalue weighted by atomic mass is 32.1. The predicted molar refractivity (Wildman–Crippen MR) is 142 cm³/mol. The lowest BCUT2D eigenvalue weighted by Gasteiger charge is -2.35. The molecule has 1 fully saturated rings. The van der Waals surface area contributed by atoms with Crippen LogP contribution in [-0.4, -0.2) is 58.9 Å².